The van der Waals surface area contributed by atoms with Gasteiger partial charge in [0.05, 0.1) is 5.75 Å². The fourth-order valence-electron chi connectivity index (χ4n) is 4.12. The minimum Gasteiger partial charge on any atom is -0.355 e. The van der Waals surface area contributed by atoms with Gasteiger partial charge in [-0.2, -0.15) is 0 Å². The van der Waals surface area contributed by atoms with Crippen molar-refractivity contribution < 1.29 is 9.59 Å². The average molecular weight is 474 g/mol. The molecule has 9 heteroatoms. The minimum atomic E-state index is -0.120. The number of benzene rings is 1. The smallest absolute Gasteiger partial charge is 0.234 e. The highest BCUT2D eigenvalue weighted by atomic mass is 35.5. The summed E-state index contributed by atoms with van der Waals surface area (Å²) in [5, 5.41) is 12.8. The second kappa shape index (κ2) is 10.5. The van der Waals surface area contributed by atoms with Gasteiger partial charge >= 0.3 is 0 Å². The van der Waals surface area contributed by atoms with Crippen LogP contribution in [-0.4, -0.2) is 58.8 Å². The Hall–Kier alpha value is -2.32. The van der Waals surface area contributed by atoms with Crippen LogP contribution in [0, 0.1) is 12.8 Å². The molecule has 2 aromatic rings. The largest absolute Gasteiger partial charge is 0.355 e. The Kier molecular flexibility index (Phi) is 7.52. The summed E-state index contributed by atoms with van der Waals surface area (Å²) in [7, 11) is 0. The van der Waals surface area contributed by atoms with E-state index in [2.05, 4.69) is 20.4 Å². The van der Waals surface area contributed by atoms with Crippen LogP contribution in [0.15, 0.2) is 35.4 Å². The number of hydrogen-bond acceptors (Lipinski definition) is 6. The Morgan fingerprint density at radius 3 is 2.50 bits per heavy atom. The molecule has 2 saturated heterocycles. The third-order valence-corrected chi connectivity index (χ3v) is 7.35. The van der Waals surface area contributed by atoms with Crippen molar-refractivity contribution in [2.75, 3.05) is 42.1 Å². The number of hydrogen-bond donors (Lipinski definition) is 1. The molecule has 1 N–H and O–H groups in total. The lowest BCUT2D eigenvalue weighted by Crippen LogP contribution is -2.42. The molecular formula is C23H28ClN5O2S. The predicted octanol–water partition coefficient (Wildman–Crippen LogP) is 4.01. The molecule has 2 aliphatic rings. The highest BCUT2D eigenvalue weighted by molar-refractivity contribution is 7.99. The highest BCUT2D eigenvalue weighted by Crippen LogP contribution is 2.26. The lowest BCUT2D eigenvalue weighted by atomic mass is 9.95. The molecule has 1 aromatic heterocycles. The van der Waals surface area contributed by atoms with Crippen molar-refractivity contribution in [3.63, 3.8) is 0 Å². The molecule has 0 aliphatic carbocycles. The van der Waals surface area contributed by atoms with Crippen molar-refractivity contribution >= 4 is 46.7 Å². The van der Waals surface area contributed by atoms with Crippen molar-refractivity contribution in [3.05, 3.63) is 40.9 Å². The standard InChI is InChI=1S/C23H28ClN5O2S/c1-16-4-5-18(14-19(16)24)25-21(30)15-32-22-7-6-20(26-27-22)28-12-8-17(9-13-28)23(31)29-10-2-3-11-29/h4-7,14,17H,2-3,8-13,15H2,1H3,(H,25,30). The number of aromatic nitrogens is 2. The number of likely N-dealkylation sites (tertiary alicyclic amines) is 1. The maximum atomic E-state index is 12.6. The van der Waals surface area contributed by atoms with Crippen molar-refractivity contribution in [2.24, 2.45) is 5.92 Å². The number of thioether (sulfide) groups is 1. The van der Waals surface area contributed by atoms with Gasteiger partial charge in [0.2, 0.25) is 11.8 Å². The molecule has 0 bridgehead atoms. The summed E-state index contributed by atoms with van der Waals surface area (Å²) in [6.07, 6.45) is 3.98. The summed E-state index contributed by atoms with van der Waals surface area (Å²) in [4.78, 5) is 29.0. The Labute approximate surface area is 197 Å². The molecular weight excluding hydrogens is 446 g/mol. The fraction of sp³-hybridized carbons (Fsp3) is 0.478. The SMILES string of the molecule is Cc1ccc(NC(=O)CSc2ccc(N3CCC(C(=O)N4CCCC4)CC3)nn2)cc1Cl. The quantitative estimate of drug-likeness (QED) is 0.639. The van der Waals surface area contributed by atoms with Crippen LogP contribution in [0.3, 0.4) is 0 Å². The molecule has 0 saturated carbocycles. The normalized spacial score (nSPS) is 16.9. The summed E-state index contributed by atoms with van der Waals surface area (Å²) in [5.74, 6) is 1.40. The van der Waals surface area contributed by atoms with E-state index in [1.807, 2.05) is 36.1 Å². The minimum absolute atomic E-state index is 0.120. The molecule has 0 radical (unpaired) electrons. The number of nitrogens with one attached hydrogen (secondary N) is 1. The molecule has 2 aliphatic heterocycles. The van der Waals surface area contributed by atoms with E-state index >= 15 is 0 Å². The van der Waals surface area contributed by atoms with E-state index in [4.69, 9.17) is 11.6 Å². The number of amides is 2. The van der Waals surface area contributed by atoms with Crippen LogP contribution in [0.25, 0.3) is 0 Å². The van der Waals surface area contributed by atoms with Crippen LogP contribution in [-0.2, 0) is 9.59 Å². The lowest BCUT2D eigenvalue weighted by molar-refractivity contribution is -0.135. The number of rotatable bonds is 6. The van der Waals surface area contributed by atoms with Gasteiger partial charge in [0.1, 0.15) is 5.03 Å². The second-order valence-corrected chi connectivity index (χ2v) is 9.73. The topological polar surface area (TPSA) is 78.4 Å². The first-order valence-electron chi connectivity index (χ1n) is 11.1. The lowest BCUT2D eigenvalue weighted by Gasteiger charge is -2.33. The van der Waals surface area contributed by atoms with Crippen molar-refractivity contribution in [3.8, 4) is 0 Å². The number of carbonyl (C=O) groups is 2. The van der Waals surface area contributed by atoms with E-state index < -0.39 is 0 Å². The summed E-state index contributed by atoms with van der Waals surface area (Å²) in [5.41, 5.74) is 1.65. The Morgan fingerprint density at radius 1 is 1.09 bits per heavy atom. The molecule has 3 heterocycles. The summed E-state index contributed by atoms with van der Waals surface area (Å²) in [6, 6.07) is 9.29. The summed E-state index contributed by atoms with van der Waals surface area (Å²) in [6.45, 7) is 5.38. The number of halogens is 1. The molecule has 1 aromatic carbocycles. The molecule has 0 unspecified atom stereocenters. The Bertz CT molecular complexity index is 957. The zero-order valence-electron chi connectivity index (χ0n) is 18.2. The van der Waals surface area contributed by atoms with Crippen molar-refractivity contribution in [1.82, 2.24) is 15.1 Å². The maximum Gasteiger partial charge on any atom is 0.234 e. The van der Waals surface area contributed by atoms with E-state index in [1.54, 1.807) is 6.07 Å². The summed E-state index contributed by atoms with van der Waals surface area (Å²) < 4.78 is 0. The van der Waals surface area contributed by atoms with Gasteiger partial charge in [-0.1, -0.05) is 29.4 Å². The first-order chi connectivity index (χ1) is 15.5. The van der Waals surface area contributed by atoms with E-state index in [-0.39, 0.29) is 17.6 Å². The zero-order valence-corrected chi connectivity index (χ0v) is 19.8. The van der Waals surface area contributed by atoms with Crippen LogP contribution >= 0.6 is 23.4 Å². The first kappa shape index (κ1) is 22.9. The monoisotopic (exact) mass is 473 g/mol. The third-order valence-electron chi connectivity index (χ3n) is 6.02. The number of piperidine rings is 1. The summed E-state index contributed by atoms with van der Waals surface area (Å²) >= 11 is 7.45. The third kappa shape index (κ3) is 5.72. The van der Waals surface area contributed by atoms with Crippen molar-refractivity contribution in [2.45, 2.75) is 37.6 Å². The van der Waals surface area contributed by atoms with Gasteiger partial charge in [0.25, 0.3) is 0 Å². The van der Waals surface area contributed by atoms with Crippen LogP contribution in [0.2, 0.25) is 5.02 Å². The molecule has 0 spiro atoms. The molecule has 32 heavy (non-hydrogen) atoms. The van der Waals surface area contributed by atoms with Gasteiger partial charge in [0, 0.05) is 42.8 Å². The van der Waals surface area contributed by atoms with Gasteiger partial charge < -0.3 is 15.1 Å². The van der Waals surface area contributed by atoms with Crippen LogP contribution in [0.4, 0.5) is 11.5 Å². The fourth-order valence-corrected chi connectivity index (χ4v) is 4.91. The average Bonchev–Trinajstić information content (AvgIpc) is 3.35. The van der Waals surface area contributed by atoms with E-state index in [0.717, 1.165) is 63.2 Å². The van der Waals surface area contributed by atoms with E-state index in [9.17, 15) is 9.59 Å². The molecule has 4 rings (SSSR count). The van der Waals surface area contributed by atoms with Gasteiger partial charge in [-0.3, -0.25) is 9.59 Å². The van der Waals surface area contributed by atoms with E-state index in [0.29, 0.717) is 21.6 Å². The number of nitrogens with zero attached hydrogens (tertiary/aromatic N) is 4. The predicted molar refractivity (Wildman–Crippen MR) is 128 cm³/mol. The first-order valence-corrected chi connectivity index (χ1v) is 12.4. The molecule has 170 valence electrons. The van der Waals surface area contributed by atoms with Gasteiger partial charge in [0.15, 0.2) is 5.82 Å². The van der Waals surface area contributed by atoms with Crippen molar-refractivity contribution in [1.29, 1.82) is 0 Å². The maximum absolute atomic E-state index is 12.6. The van der Waals surface area contributed by atoms with Crippen LogP contribution in [0.5, 0.6) is 0 Å². The second-order valence-electron chi connectivity index (χ2n) is 8.32. The molecule has 7 nitrogen and oxygen atoms in total. The van der Waals surface area contributed by atoms with E-state index in [1.165, 1.54) is 11.8 Å². The highest BCUT2D eigenvalue weighted by Gasteiger charge is 2.30. The number of anilines is 2. The Balaban J connectivity index is 1.23. The van der Waals surface area contributed by atoms with Gasteiger partial charge in [-0.05, 0) is 62.4 Å². The van der Waals surface area contributed by atoms with Gasteiger partial charge in [-0.25, -0.2) is 0 Å². The molecule has 2 fully saturated rings. The number of aryl methyl sites for hydroxylation is 1. The zero-order chi connectivity index (χ0) is 22.5. The van der Waals surface area contributed by atoms with Crippen LogP contribution in [0.1, 0.15) is 31.2 Å². The molecule has 2 amide bonds. The van der Waals surface area contributed by atoms with Gasteiger partial charge in [-0.15, -0.1) is 10.2 Å². The Morgan fingerprint density at radius 2 is 1.84 bits per heavy atom. The molecule has 0 atom stereocenters. The van der Waals surface area contributed by atoms with Crippen LogP contribution < -0.4 is 10.2 Å². The number of carbonyl (C=O) groups excluding carboxylic acids is 2.